The number of rotatable bonds is 1. The van der Waals surface area contributed by atoms with Gasteiger partial charge in [0.2, 0.25) is 0 Å². The van der Waals surface area contributed by atoms with Gasteiger partial charge in [-0.2, -0.15) is 0 Å². The maximum atomic E-state index is 5.31. The SMILES string of the molecule is c1nc2c(o1)CCNC2C1CC1. The Morgan fingerprint density at radius 1 is 1.50 bits per heavy atom. The number of hydrogen-bond acceptors (Lipinski definition) is 3. The molecule has 3 nitrogen and oxygen atoms in total. The van der Waals surface area contributed by atoms with Gasteiger partial charge in [0.05, 0.1) is 11.7 Å². The number of hydrogen-bond donors (Lipinski definition) is 1. The van der Waals surface area contributed by atoms with Crippen molar-refractivity contribution in [1.29, 1.82) is 0 Å². The molecule has 1 unspecified atom stereocenters. The minimum absolute atomic E-state index is 0.493. The van der Waals surface area contributed by atoms with Crippen molar-refractivity contribution < 1.29 is 4.42 Å². The Bertz CT molecular complexity index is 290. The smallest absolute Gasteiger partial charge is 0.181 e. The molecule has 1 saturated carbocycles. The molecule has 1 aliphatic carbocycles. The predicted molar refractivity (Wildman–Crippen MR) is 43.7 cm³/mol. The Kier molecular flexibility index (Phi) is 1.29. The van der Waals surface area contributed by atoms with Crippen LogP contribution in [0.1, 0.15) is 30.3 Å². The van der Waals surface area contributed by atoms with E-state index in [0.717, 1.165) is 24.6 Å². The van der Waals surface area contributed by atoms with Crippen LogP contribution in [0.15, 0.2) is 10.8 Å². The molecule has 64 valence electrons. The molecular formula is C9H12N2O. The molecule has 0 amide bonds. The highest BCUT2D eigenvalue weighted by atomic mass is 16.3. The van der Waals surface area contributed by atoms with Crippen molar-refractivity contribution in [2.75, 3.05) is 6.54 Å². The quantitative estimate of drug-likeness (QED) is 0.679. The van der Waals surface area contributed by atoms with Crippen molar-refractivity contribution in [3.05, 3.63) is 17.8 Å². The fourth-order valence-corrected chi connectivity index (χ4v) is 1.98. The molecule has 0 saturated heterocycles. The Hall–Kier alpha value is -0.830. The van der Waals surface area contributed by atoms with E-state index in [4.69, 9.17) is 4.42 Å². The van der Waals surface area contributed by atoms with Crippen molar-refractivity contribution in [1.82, 2.24) is 10.3 Å². The Balaban J connectivity index is 1.97. The lowest BCUT2D eigenvalue weighted by atomic mass is 10.0. The van der Waals surface area contributed by atoms with Crippen LogP contribution in [0, 0.1) is 5.92 Å². The summed E-state index contributed by atoms with van der Waals surface area (Å²) in [6.45, 7) is 1.04. The van der Waals surface area contributed by atoms with Gasteiger partial charge in [-0.3, -0.25) is 0 Å². The average Bonchev–Trinajstić information content (AvgIpc) is 2.82. The van der Waals surface area contributed by atoms with E-state index in [1.165, 1.54) is 18.5 Å². The number of fused-ring (bicyclic) bond motifs is 1. The van der Waals surface area contributed by atoms with E-state index in [9.17, 15) is 0 Å². The summed E-state index contributed by atoms with van der Waals surface area (Å²) in [5, 5.41) is 3.50. The van der Waals surface area contributed by atoms with Gasteiger partial charge < -0.3 is 9.73 Å². The highest BCUT2D eigenvalue weighted by molar-refractivity contribution is 5.18. The lowest BCUT2D eigenvalue weighted by molar-refractivity contribution is 0.407. The number of oxazole rings is 1. The topological polar surface area (TPSA) is 38.1 Å². The van der Waals surface area contributed by atoms with E-state index in [1.54, 1.807) is 6.39 Å². The fourth-order valence-electron chi connectivity index (χ4n) is 1.98. The predicted octanol–water partition coefficient (Wildman–Crippen LogP) is 1.27. The molecule has 3 heteroatoms. The lowest BCUT2D eigenvalue weighted by Crippen LogP contribution is -2.30. The largest absolute Gasteiger partial charge is 0.448 e. The third-order valence-corrected chi connectivity index (χ3v) is 2.78. The molecule has 12 heavy (non-hydrogen) atoms. The third-order valence-electron chi connectivity index (χ3n) is 2.78. The minimum Gasteiger partial charge on any atom is -0.448 e. The van der Waals surface area contributed by atoms with E-state index >= 15 is 0 Å². The lowest BCUT2D eigenvalue weighted by Gasteiger charge is -2.21. The summed E-state index contributed by atoms with van der Waals surface area (Å²) in [4.78, 5) is 4.27. The van der Waals surface area contributed by atoms with Gasteiger partial charge in [0.25, 0.3) is 0 Å². The second kappa shape index (κ2) is 2.33. The van der Waals surface area contributed by atoms with Crippen LogP contribution in [-0.2, 0) is 6.42 Å². The van der Waals surface area contributed by atoms with E-state index in [1.807, 2.05) is 0 Å². The Morgan fingerprint density at radius 2 is 2.42 bits per heavy atom. The molecule has 1 aromatic heterocycles. The first-order valence-electron chi connectivity index (χ1n) is 4.61. The van der Waals surface area contributed by atoms with Crippen LogP contribution in [0.5, 0.6) is 0 Å². The van der Waals surface area contributed by atoms with Crippen molar-refractivity contribution >= 4 is 0 Å². The van der Waals surface area contributed by atoms with Gasteiger partial charge in [-0.15, -0.1) is 0 Å². The highest BCUT2D eigenvalue weighted by Crippen LogP contribution is 2.42. The van der Waals surface area contributed by atoms with E-state index < -0.39 is 0 Å². The Labute approximate surface area is 71.2 Å². The zero-order chi connectivity index (χ0) is 7.97. The molecule has 1 N–H and O–H groups in total. The molecule has 2 aliphatic rings. The zero-order valence-electron chi connectivity index (χ0n) is 6.92. The first-order chi connectivity index (χ1) is 5.95. The van der Waals surface area contributed by atoms with Gasteiger partial charge in [0, 0.05) is 13.0 Å². The maximum Gasteiger partial charge on any atom is 0.181 e. The molecule has 3 rings (SSSR count). The number of nitrogens with one attached hydrogen (secondary N) is 1. The fraction of sp³-hybridized carbons (Fsp3) is 0.667. The third kappa shape index (κ3) is 0.894. The minimum atomic E-state index is 0.493. The Morgan fingerprint density at radius 3 is 3.25 bits per heavy atom. The van der Waals surface area contributed by atoms with Crippen LogP contribution in [0.25, 0.3) is 0 Å². The molecule has 1 aromatic rings. The van der Waals surface area contributed by atoms with Crippen molar-refractivity contribution in [2.45, 2.75) is 25.3 Å². The highest BCUT2D eigenvalue weighted by Gasteiger charge is 2.36. The molecule has 0 spiro atoms. The van der Waals surface area contributed by atoms with Crippen molar-refractivity contribution in [3.63, 3.8) is 0 Å². The van der Waals surface area contributed by atoms with Crippen LogP contribution < -0.4 is 5.32 Å². The van der Waals surface area contributed by atoms with Gasteiger partial charge in [-0.05, 0) is 18.8 Å². The summed E-state index contributed by atoms with van der Waals surface area (Å²) < 4.78 is 5.31. The summed E-state index contributed by atoms with van der Waals surface area (Å²) in [7, 11) is 0. The second-order valence-corrected chi connectivity index (χ2v) is 3.68. The number of nitrogens with zero attached hydrogens (tertiary/aromatic N) is 1. The van der Waals surface area contributed by atoms with Crippen molar-refractivity contribution in [3.8, 4) is 0 Å². The molecule has 1 fully saturated rings. The van der Waals surface area contributed by atoms with Gasteiger partial charge in [0.15, 0.2) is 6.39 Å². The average molecular weight is 164 g/mol. The van der Waals surface area contributed by atoms with E-state index in [-0.39, 0.29) is 0 Å². The van der Waals surface area contributed by atoms with Gasteiger partial charge in [-0.25, -0.2) is 4.98 Å². The molecule has 0 radical (unpaired) electrons. The summed E-state index contributed by atoms with van der Waals surface area (Å²) in [6, 6.07) is 0.493. The summed E-state index contributed by atoms with van der Waals surface area (Å²) in [5.74, 6) is 1.93. The van der Waals surface area contributed by atoms with Crippen LogP contribution in [0.3, 0.4) is 0 Å². The molecule has 2 heterocycles. The van der Waals surface area contributed by atoms with Crippen LogP contribution in [0.4, 0.5) is 0 Å². The monoisotopic (exact) mass is 164 g/mol. The molecular weight excluding hydrogens is 152 g/mol. The maximum absolute atomic E-state index is 5.31. The molecule has 1 atom stereocenters. The summed E-state index contributed by atoms with van der Waals surface area (Å²) >= 11 is 0. The van der Waals surface area contributed by atoms with Crippen LogP contribution >= 0.6 is 0 Å². The normalized spacial score (nSPS) is 28.5. The second-order valence-electron chi connectivity index (χ2n) is 3.68. The van der Waals surface area contributed by atoms with Crippen LogP contribution in [0.2, 0.25) is 0 Å². The first-order valence-corrected chi connectivity index (χ1v) is 4.61. The van der Waals surface area contributed by atoms with E-state index in [2.05, 4.69) is 10.3 Å². The zero-order valence-corrected chi connectivity index (χ0v) is 6.92. The summed E-state index contributed by atoms with van der Waals surface area (Å²) in [6.07, 6.45) is 5.28. The van der Waals surface area contributed by atoms with Crippen molar-refractivity contribution in [2.24, 2.45) is 5.92 Å². The molecule has 0 aromatic carbocycles. The molecule has 0 bridgehead atoms. The number of aromatic nitrogens is 1. The van der Waals surface area contributed by atoms with Gasteiger partial charge >= 0.3 is 0 Å². The summed E-state index contributed by atoms with van der Waals surface area (Å²) in [5.41, 5.74) is 1.17. The van der Waals surface area contributed by atoms with Gasteiger partial charge in [-0.1, -0.05) is 0 Å². The van der Waals surface area contributed by atoms with Gasteiger partial charge in [0.1, 0.15) is 5.76 Å². The molecule has 1 aliphatic heterocycles. The van der Waals surface area contributed by atoms with E-state index in [0.29, 0.717) is 6.04 Å². The first kappa shape index (κ1) is 6.66. The standard InChI is InChI=1S/C9H12N2O/c1-2-6(1)8-9-7(3-4-10-8)12-5-11-9/h5-6,8,10H,1-4H2. The van der Waals surface area contributed by atoms with Crippen LogP contribution in [-0.4, -0.2) is 11.5 Å².